The third kappa shape index (κ3) is 4.46. The van der Waals surface area contributed by atoms with Crippen molar-refractivity contribution in [3.05, 3.63) is 0 Å². The Hall–Kier alpha value is -0.810. The van der Waals surface area contributed by atoms with Crippen LogP contribution in [0.15, 0.2) is 4.99 Å². The molecule has 0 saturated carbocycles. The van der Waals surface area contributed by atoms with Crippen molar-refractivity contribution >= 4 is 5.96 Å². The lowest BCUT2D eigenvalue weighted by Gasteiger charge is -2.40. The quantitative estimate of drug-likeness (QED) is 0.550. The Bertz CT molecular complexity index is 256. The minimum atomic E-state index is 0.573. The lowest BCUT2D eigenvalue weighted by Crippen LogP contribution is -2.54. The van der Waals surface area contributed by atoms with Gasteiger partial charge in [0.1, 0.15) is 0 Å². The Morgan fingerprint density at radius 2 is 1.83 bits per heavy atom. The van der Waals surface area contributed by atoms with Crippen molar-refractivity contribution in [2.45, 2.75) is 19.9 Å². The van der Waals surface area contributed by atoms with Crippen LogP contribution in [0.5, 0.6) is 0 Å². The Kier molecular flexibility index (Phi) is 6.43. The van der Waals surface area contributed by atoms with Gasteiger partial charge >= 0.3 is 0 Å². The Balaban J connectivity index is 2.49. The predicted molar refractivity (Wildman–Crippen MR) is 78.1 cm³/mol. The van der Waals surface area contributed by atoms with Crippen molar-refractivity contribution in [1.29, 1.82) is 0 Å². The van der Waals surface area contributed by atoms with Crippen LogP contribution < -0.4 is 10.6 Å². The van der Waals surface area contributed by atoms with E-state index >= 15 is 0 Å². The lowest BCUT2D eigenvalue weighted by atomic mass is 10.0. The summed E-state index contributed by atoms with van der Waals surface area (Å²) in [5.41, 5.74) is 0. The van der Waals surface area contributed by atoms with E-state index in [0.29, 0.717) is 12.0 Å². The van der Waals surface area contributed by atoms with E-state index in [0.717, 1.165) is 12.5 Å². The summed E-state index contributed by atoms with van der Waals surface area (Å²) >= 11 is 0. The van der Waals surface area contributed by atoms with Crippen molar-refractivity contribution in [2.75, 3.05) is 53.9 Å². The molecule has 0 aliphatic carbocycles. The number of guanidine groups is 1. The summed E-state index contributed by atoms with van der Waals surface area (Å²) in [5.74, 6) is 1.52. The van der Waals surface area contributed by atoms with Gasteiger partial charge in [0, 0.05) is 52.9 Å². The molecule has 1 fully saturated rings. The number of piperazine rings is 1. The number of aliphatic imine (C=N–C) groups is 1. The molecule has 0 aromatic heterocycles. The first-order valence-corrected chi connectivity index (χ1v) is 6.89. The second-order valence-corrected chi connectivity index (χ2v) is 5.35. The molecule has 1 heterocycles. The van der Waals surface area contributed by atoms with Crippen LogP contribution >= 0.6 is 0 Å². The maximum atomic E-state index is 4.16. The van der Waals surface area contributed by atoms with Gasteiger partial charge in [-0.15, -0.1) is 0 Å². The molecule has 2 N–H and O–H groups in total. The van der Waals surface area contributed by atoms with Gasteiger partial charge in [0.2, 0.25) is 0 Å². The van der Waals surface area contributed by atoms with Crippen LogP contribution in [0.3, 0.4) is 0 Å². The zero-order valence-corrected chi connectivity index (χ0v) is 12.5. The third-order valence-electron chi connectivity index (χ3n) is 3.72. The fourth-order valence-electron chi connectivity index (χ4n) is 2.42. The van der Waals surface area contributed by atoms with Gasteiger partial charge in [-0.05, 0) is 13.0 Å². The average Bonchev–Trinajstić information content (AvgIpc) is 2.36. The van der Waals surface area contributed by atoms with E-state index in [1.807, 2.05) is 7.05 Å². The van der Waals surface area contributed by atoms with Crippen molar-refractivity contribution in [3.8, 4) is 0 Å². The van der Waals surface area contributed by atoms with E-state index in [1.165, 1.54) is 26.2 Å². The molecule has 5 heteroatoms. The normalized spacial score (nSPS) is 21.1. The molecule has 18 heavy (non-hydrogen) atoms. The van der Waals surface area contributed by atoms with E-state index < -0.39 is 0 Å². The molecule has 0 aromatic carbocycles. The average molecular weight is 255 g/mol. The van der Waals surface area contributed by atoms with Gasteiger partial charge in [-0.3, -0.25) is 9.89 Å². The molecule has 5 nitrogen and oxygen atoms in total. The van der Waals surface area contributed by atoms with E-state index in [2.05, 4.69) is 46.3 Å². The summed E-state index contributed by atoms with van der Waals surface area (Å²) < 4.78 is 0. The summed E-state index contributed by atoms with van der Waals surface area (Å²) in [6, 6.07) is 0.573. The number of nitrogens with zero attached hydrogens (tertiary/aromatic N) is 3. The molecule has 106 valence electrons. The first-order valence-electron chi connectivity index (χ1n) is 6.89. The van der Waals surface area contributed by atoms with Crippen LogP contribution in [0.4, 0.5) is 0 Å². The largest absolute Gasteiger partial charge is 0.359 e. The molecular weight excluding hydrogens is 226 g/mol. The number of rotatable bonds is 4. The van der Waals surface area contributed by atoms with Crippen molar-refractivity contribution in [3.63, 3.8) is 0 Å². The van der Waals surface area contributed by atoms with Gasteiger partial charge in [0.25, 0.3) is 0 Å². The SMILES string of the molecule is CN=C(NC)NCC(C(C)C)N1CCN(C)CC1. The fourth-order valence-corrected chi connectivity index (χ4v) is 2.42. The van der Waals surface area contributed by atoms with Gasteiger partial charge in [-0.2, -0.15) is 0 Å². The van der Waals surface area contributed by atoms with Crippen molar-refractivity contribution in [1.82, 2.24) is 20.4 Å². The molecular formula is C13H29N5. The van der Waals surface area contributed by atoms with E-state index in [9.17, 15) is 0 Å². The molecule has 1 aliphatic heterocycles. The summed E-state index contributed by atoms with van der Waals surface area (Å²) in [5, 5.41) is 6.46. The number of nitrogens with one attached hydrogen (secondary N) is 2. The molecule has 0 spiro atoms. The molecule has 1 rings (SSSR count). The molecule has 0 aromatic rings. The molecule has 1 unspecified atom stereocenters. The highest BCUT2D eigenvalue weighted by Gasteiger charge is 2.24. The van der Waals surface area contributed by atoms with Gasteiger partial charge < -0.3 is 15.5 Å². The maximum Gasteiger partial charge on any atom is 0.190 e. The van der Waals surface area contributed by atoms with E-state index in [4.69, 9.17) is 0 Å². The van der Waals surface area contributed by atoms with Crippen LogP contribution in [0.2, 0.25) is 0 Å². The minimum absolute atomic E-state index is 0.573. The number of hydrogen-bond acceptors (Lipinski definition) is 3. The molecule has 0 radical (unpaired) electrons. The standard InChI is InChI=1S/C13H29N5/c1-11(2)12(10-16-13(14-3)15-4)18-8-6-17(5)7-9-18/h11-12H,6-10H2,1-5H3,(H2,14,15,16). The van der Waals surface area contributed by atoms with Crippen LogP contribution in [0.1, 0.15) is 13.8 Å². The predicted octanol–water partition coefficient (Wildman–Crippen LogP) is 0.0532. The summed E-state index contributed by atoms with van der Waals surface area (Å²) in [7, 11) is 5.90. The van der Waals surface area contributed by atoms with Crippen LogP contribution in [-0.2, 0) is 0 Å². The van der Waals surface area contributed by atoms with Crippen molar-refractivity contribution in [2.24, 2.45) is 10.9 Å². The van der Waals surface area contributed by atoms with Crippen LogP contribution in [0.25, 0.3) is 0 Å². The molecule has 0 bridgehead atoms. The van der Waals surface area contributed by atoms with Gasteiger partial charge in [0.05, 0.1) is 0 Å². The highest BCUT2D eigenvalue weighted by molar-refractivity contribution is 5.79. The second-order valence-electron chi connectivity index (χ2n) is 5.35. The first kappa shape index (κ1) is 15.2. The van der Waals surface area contributed by atoms with Gasteiger partial charge in [-0.25, -0.2) is 0 Å². The molecule has 1 atom stereocenters. The maximum absolute atomic E-state index is 4.16. The van der Waals surface area contributed by atoms with E-state index in [-0.39, 0.29) is 0 Å². The number of hydrogen-bond donors (Lipinski definition) is 2. The highest BCUT2D eigenvalue weighted by Crippen LogP contribution is 2.12. The Labute approximate surface area is 112 Å². The Morgan fingerprint density at radius 1 is 1.22 bits per heavy atom. The molecule has 1 saturated heterocycles. The van der Waals surface area contributed by atoms with Gasteiger partial charge in [0.15, 0.2) is 5.96 Å². The highest BCUT2D eigenvalue weighted by atomic mass is 15.3. The third-order valence-corrected chi connectivity index (χ3v) is 3.72. The molecule has 1 aliphatic rings. The van der Waals surface area contributed by atoms with Crippen LogP contribution in [-0.4, -0.2) is 75.7 Å². The van der Waals surface area contributed by atoms with E-state index in [1.54, 1.807) is 7.05 Å². The molecule has 0 amide bonds. The Morgan fingerprint density at radius 3 is 2.28 bits per heavy atom. The van der Waals surface area contributed by atoms with Crippen molar-refractivity contribution < 1.29 is 0 Å². The summed E-state index contributed by atoms with van der Waals surface area (Å²) in [6.07, 6.45) is 0. The second kappa shape index (κ2) is 7.59. The topological polar surface area (TPSA) is 42.9 Å². The fraction of sp³-hybridized carbons (Fsp3) is 0.923. The smallest absolute Gasteiger partial charge is 0.190 e. The zero-order chi connectivity index (χ0) is 13.5. The first-order chi connectivity index (χ1) is 8.58. The monoisotopic (exact) mass is 255 g/mol. The van der Waals surface area contributed by atoms with Crippen LogP contribution in [0, 0.1) is 5.92 Å². The zero-order valence-electron chi connectivity index (χ0n) is 12.5. The van der Waals surface area contributed by atoms with Gasteiger partial charge in [-0.1, -0.05) is 13.8 Å². The number of likely N-dealkylation sites (N-methyl/N-ethyl adjacent to an activating group) is 1. The summed E-state index contributed by atoms with van der Waals surface area (Å²) in [6.45, 7) is 10.2. The minimum Gasteiger partial charge on any atom is -0.359 e. The summed E-state index contributed by atoms with van der Waals surface area (Å²) in [4.78, 5) is 9.16. The lowest BCUT2D eigenvalue weighted by molar-refractivity contribution is 0.0900.